The molecule has 0 saturated heterocycles. The van der Waals surface area contributed by atoms with E-state index in [1.54, 1.807) is 27.5 Å². The average molecular weight is 362 g/mol. The maximum atomic E-state index is 5.40. The molecule has 7 nitrogen and oxygen atoms in total. The standard InChI is InChI=1S/C20H18N4O3/c1-25-16-8-6-13(11-17(16)26-2)19-23-22-18-9-7-14(12-24(18)19)15-5-4-10-21-20(15)27-3/h4-12H,1-3H3. The SMILES string of the molecule is COc1ccc(-c2nnc3ccc(-c4cccnc4OC)cn23)cc1OC. The molecule has 0 aliphatic rings. The number of rotatable bonds is 5. The predicted molar refractivity (Wildman–Crippen MR) is 101 cm³/mol. The summed E-state index contributed by atoms with van der Waals surface area (Å²) in [6.45, 7) is 0. The lowest BCUT2D eigenvalue weighted by atomic mass is 10.1. The van der Waals surface area contributed by atoms with Crippen LogP contribution in [0.5, 0.6) is 17.4 Å². The number of fused-ring (bicyclic) bond motifs is 1. The Kier molecular flexibility index (Phi) is 4.33. The molecular formula is C20H18N4O3. The summed E-state index contributed by atoms with van der Waals surface area (Å²) >= 11 is 0. The van der Waals surface area contributed by atoms with E-state index in [4.69, 9.17) is 14.2 Å². The molecule has 0 spiro atoms. The third-order valence-electron chi connectivity index (χ3n) is 4.32. The van der Waals surface area contributed by atoms with Crippen molar-refractivity contribution in [3.63, 3.8) is 0 Å². The number of methoxy groups -OCH3 is 3. The van der Waals surface area contributed by atoms with E-state index in [1.807, 2.05) is 53.1 Å². The molecule has 1 aromatic carbocycles. The van der Waals surface area contributed by atoms with Gasteiger partial charge in [-0.15, -0.1) is 10.2 Å². The van der Waals surface area contributed by atoms with Crippen molar-refractivity contribution in [1.29, 1.82) is 0 Å². The van der Waals surface area contributed by atoms with Gasteiger partial charge >= 0.3 is 0 Å². The molecule has 0 atom stereocenters. The molecule has 3 aromatic heterocycles. The van der Waals surface area contributed by atoms with Crippen LogP contribution in [0.2, 0.25) is 0 Å². The Morgan fingerprint density at radius 1 is 0.815 bits per heavy atom. The molecule has 0 saturated carbocycles. The number of hydrogen-bond acceptors (Lipinski definition) is 6. The zero-order chi connectivity index (χ0) is 18.8. The zero-order valence-corrected chi connectivity index (χ0v) is 15.2. The van der Waals surface area contributed by atoms with Crippen molar-refractivity contribution in [2.45, 2.75) is 0 Å². The normalized spacial score (nSPS) is 10.8. The largest absolute Gasteiger partial charge is 0.493 e. The molecule has 0 aliphatic carbocycles. The first kappa shape index (κ1) is 16.8. The van der Waals surface area contributed by atoms with E-state index >= 15 is 0 Å². The lowest BCUT2D eigenvalue weighted by Crippen LogP contribution is -1.95. The third-order valence-corrected chi connectivity index (χ3v) is 4.32. The van der Waals surface area contributed by atoms with Gasteiger partial charge in [0.05, 0.1) is 21.3 Å². The van der Waals surface area contributed by atoms with Crippen LogP contribution < -0.4 is 14.2 Å². The minimum atomic E-state index is 0.567. The lowest BCUT2D eigenvalue weighted by molar-refractivity contribution is 0.355. The van der Waals surface area contributed by atoms with Gasteiger partial charge in [0.25, 0.3) is 0 Å². The van der Waals surface area contributed by atoms with E-state index < -0.39 is 0 Å². The molecule has 4 rings (SSSR count). The first-order chi connectivity index (χ1) is 13.2. The van der Waals surface area contributed by atoms with E-state index in [-0.39, 0.29) is 0 Å². The molecule has 0 unspecified atom stereocenters. The summed E-state index contributed by atoms with van der Waals surface area (Å²) in [7, 11) is 4.83. The number of nitrogens with zero attached hydrogens (tertiary/aromatic N) is 4. The molecule has 27 heavy (non-hydrogen) atoms. The van der Waals surface area contributed by atoms with E-state index in [9.17, 15) is 0 Å². The number of hydrogen-bond donors (Lipinski definition) is 0. The van der Waals surface area contributed by atoms with E-state index in [2.05, 4.69) is 15.2 Å². The van der Waals surface area contributed by atoms with E-state index in [1.165, 1.54) is 0 Å². The van der Waals surface area contributed by atoms with Gasteiger partial charge in [-0.25, -0.2) is 4.98 Å². The first-order valence-electron chi connectivity index (χ1n) is 8.31. The summed E-state index contributed by atoms with van der Waals surface area (Å²) in [4.78, 5) is 4.27. The molecular weight excluding hydrogens is 344 g/mol. The minimum Gasteiger partial charge on any atom is -0.493 e. The molecule has 4 aromatic rings. The minimum absolute atomic E-state index is 0.567. The molecule has 0 fully saturated rings. The summed E-state index contributed by atoms with van der Waals surface area (Å²) in [5, 5.41) is 8.61. The van der Waals surface area contributed by atoms with Gasteiger partial charge in [0.15, 0.2) is 23.0 Å². The fourth-order valence-electron chi connectivity index (χ4n) is 3.00. The van der Waals surface area contributed by atoms with Crippen molar-refractivity contribution < 1.29 is 14.2 Å². The Hall–Kier alpha value is -3.61. The highest BCUT2D eigenvalue weighted by atomic mass is 16.5. The summed E-state index contributed by atoms with van der Waals surface area (Å²) in [6, 6.07) is 13.4. The van der Waals surface area contributed by atoms with Gasteiger partial charge in [-0.2, -0.15) is 0 Å². The monoisotopic (exact) mass is 362 g/mol. The summed E-state index contributed by atoms with van der Waals surface area (Å²) < 4.78 is 18.0. The highest BCUT2D eigenvalue weighted by Crippen LogP contribution is 2.33. The van der Waals surface area contributed by atoms with Crippen LogP contribution in [-0.2, 0) is 0 Å². The maximum Gasteiger partial charge on any atom is 0.221 e. The molecule has 0 aliphatic heterocycles. The Bertz CT molecular complexity index is 1110. The Balaban J connectivity index is 1.86. The van der Waals surface area contributed by atoms with Crippen LogP contribution in [0.4, 0.5) is 0 Å². The van der Waals surface area contributed by atoms with Crippen LogP contribution in [0.15, 0.2) is 54.9 Å². The molecule has 136 valence electrons. The van der Waals surface area contributed by atoms with Crippen LogP contribution in [0, 0.1) is 0 Å². The van der Waals surface area contributed by atoms with Gasteiger partial charge in [-0.05, 0) is 42.5 Å². The second-order valence-corrected chi connectivity index (χ2v) is 5.80. The molecule has 0 amide bonds. The highest BCUT2D eigenvalue weighted by Gasteiger charge is 2.14. The van der Waals surface area contributed by atoms with Crippen LogP contribution in [0.1, 0.15) is 0 Å². The zero-order valence-electron chi connectivity index (χ0n) is 15.2. The van der Waals surface area contributed by atoms with Crippen molar-refractivity contribution in [2.24, 2.45) is 0 Å². The Morgan fingerprint density at radius 3 is 2.41 bits per heavy atom. The van der Waals surface area contributed by atoms with Crippen molar-refractivity contribution in [3.8, 4) is 39.9 Å². The van der Waals surface area contributed by atoms with Crippen LogP contribution in [0.25, 0.3) is 28.2 Å². The van der Waals surface area contributed by atoms with Crippen molar-refractivity contribution in [2.75, 3.05) is 21.3 Å². The maximum absolute atomic E-state index is 5.40. The summed E-state index contributed by atoms with van der Waals surface area (Å²) in [6.07, 6.45) is 3.68. The van der Waals surface area contributed by atoms with Gasteiger partial charge < -0.3 is 14.2 Å². The second-order valence-electron chi connectivity index (χ2n) is 5.80. The van der Waals surface area contributed by atoms with Gasteiger partial charge in [0.2, 0.25) is 5.88 Å². The first-order valence-corrected chi connectivity index (χ1v) is 8.31. The summed E-state index contributed by atoms with van der Waals surface area (Å²) in [5.74, 6) is 2.57. The molecule has 7 heteroatoms. The highest BCUT2D eigenvalue weighted by molar-refractivity contribution is 5.71. The topological polar surface area (TPSA) is 70.8 Å². The third kappa shape index (κ3) is 2.93. The quantitative estimate of drug-likeness (QED) is 0.541. The van der Waals surface area contributed by atoms with Crippen LogP contribution >= 0.6 is 0 Å². The average Bonchev–Trinajstić information content (AvgIpc) is 3.16. The Labute approximate surface area is 156 Å². The second kappa shape index (κ2) is 6.95. The van der Waals surface area contributed by atoms with Crippen LogP contribution in [0.3, 0.4) is 0 Å². The van der Waals surface area contributed by atoms with E-state index in [0.29, 0.717) is 23.2 Å². The molecule has 0 radical (unpaired) electrons. The van der Waals surface area contributed by atoms with Gasteiger partial charge in [-0.3, -0.25) is 4.40 Å². The summed E-state index contributed by atoms with van der Waals surface area (Å²) in [5.41, 5.74) is 3.46. The fourth-order valence-corrected chi connectivity index (χ4v) is 3.00. The molecule has 3 heterocycles. The number of pyridine rings is 2. The fraction of sp³-hybridized carbons (Fsp3) is 0.150. The van der Waals surface area contributed by atoms with Crippen LogP contribution in [-0.4, -0.2) is 40.9 Å². The Morgan fingerprint density at radius 2 is 1.63 bits per heavy atom. The lowest BCUT2D eigenvalue weighted by Gasteiger charge is -2.10. The smallest absolute Gasteiger partial charge is 0.221 e. The number of ether oxygens (including phenoxy) is 3. The van der Waals surface area contributed by atoms with E-state index in [0.717, 1.165) is 22.3 Å². The van der Waals surface area contributed by atoms with Crippen molar-refractivity contribution >= 4 is 5.65 Å². The van der Waals surface area contributed by atoms with Gasteiger partial charge in [-0.1, -0.05) is 0 Å². The predicted octanol–water partition coefficient (Wildman–Crippen LogP) is 3.48. The molecule has 0 N–H and O–H groups in total. The molecule has 0 bridgehead atoms. The van der Waals surface area contributed by atoms with Crippen molar-refractivity contribution in [1.82, 2.24) is 19.6 Å². The number of aromatic nitrogens is 4. The van der Waals surface area contributed by atoms with Crippen molar-refractivity contribution in [3.05, 3.63) is 54.9 Å². The number of benzene rings is 1. The van der Waals surface area contributed by atoms with Gasteiger partial charge in [0.1, 0.15) is 0 Å². The van der Waals surface area contributed by atoms with Gasteiger partial charge in [0, 0.05) is 29.1 Å².